The van der Waals surface area contributed by atoms with Crippen LogP contribution in [0.5, 0.6) is 0 Å². The molecular formula is C13H16N2O4. The molecule has 6 heteroatoms. The lowest BCUT2D eigenvalue weighted by Crippen LogP contribution is -2.49. The molecule has 1 unspecified atom stereocenters. The van der Waals surface area contributed by atoms with Crippen molar-refractivity contribution in [1.29, 1.82) is 0 Å². The van der Waals surface area contributed by atoms with E-state index in [1.54, 1.807) is 30.3 Å². The molecule has 0 saturated carbocycles. The van der Waals surface area contributed by atoms with Crippen LogP contribution in [0.15, 0.2) is 30.3 Å². The summed E-state index contributed by atoms with van der Waals surface area (Å²) in [6.07, 6.45) is -0.640. The number of morpholine rings is 1. The number of carbonyl (C=O) groups excluding carboxylic acids is 1. The quantitative estimate of drug-likeness (QED) is 0.708. The van der Waals surface area contributed by atoms with Crippen molar-refractivity contribution in [1.82, 2.24) is 10.6 Å². The highest BCUT2D eigenvalue weighted by atomic mass is 16.5. The smallest absolute Gasteiger partial charge is 0.330 e. The Morgan fingerprint density at radius 1 is 1.37 bits per heavy atom. The Balaban J connectivity index is 2.04. The minimum absolute atomic E-state index is 0.396. The van der Waals surface area contributed by atoms with Gasteiger partial charge in [0.1, 0.15) is 6.10 Å². The molecule has 3 N–H and O–H groups in total. The first-order valence-corrected chi connectivity index (χ1v) is 6.09. The summed E-state index contributed by atoms with van der Waals surface area (Å²) >= 11 is 0. The summed E-state index contributed by atoms with van der Waals surface area (Å²) < 4.78 is 5.29. The molecule has 19 heavy (non-hydrogen) atoms. The van der Waals surface area contributed by atoms with Crippen molar-refractivity contribution in [2.45, 2.75) is 12.1 Å². The number of nitrogens with one attached hydrogen (secondary N) is 2. The van der Waals surface area contributed by atoms with Crippen molar-refractivity contribution >= 4 is 11.9 Å². The second kappa shape index (κ2) is 6.31. The Labute approximate surface area is 110 Å². The molecule has 102 valence electrons. The molecular weight excluding hydrogens is 248 g/mol. The summed E-state index contributed by atoms with van der Waals surface area (Å²) in [5, 5.41) is 14.7. The molecule has 2 atom stereocenters. The lowest BCUT2D eigenvalue weighted by molar-refractivity contribution is -0.145. The molecule has 0 bridgehead atoms. The van der Waals surface area contributed by atoms with E-state index in [0.29, 0.717) is 25.3 Å². The number of amides is 1. The maximum absolute atomic E-state index is 11.9. The van der Waals surface area contributed by atoms with Crippen LogP contribution < -0.4 is 10.6 Å². The molecule has 1 heterocycles. The highest BCUT2D eigenvalue weighted by molar-refractivity contribution is 5.87. The van der Waals surface area contributed by atoms with Gasteiger partial charge in [-0.15, -0.1) is 0 Å². The zero-order chi connectivity index (χ0) is 13.7. The van der Waals surface area contributed by atoms with Gasteiger partial charge in [0.25, 0.3) is 5.91 Å². The summed E-state index contributed by atoms with van der Waals surface area (Å²) in [6, 6.07) is 7.53. The van der Waals surface area contributed by atoms with Gasteiger partial charge in [0, 0.05) is 13.1 Å². The third-order valence-electron chi connectivity index (χ3n) is 2.89. The standard InChI is InChI=1S/C13H16N2O4/c16-12(10-8-14-6-7-19-10)15-11(13(17)18)9-4-2-1-3-5-9/h1-5,10-11,14H,6-8H2,(H,15,16)(H,17,18)/t10?,11-/m1/s1. The highest BCUT2D eigenvalue weighted by Gasteiger charge is 2.27. The van der Waals surface area contributed by atoms with Crippen LogP contribution in [-0.2, 0) is 14.3 Å². The predicted octanol–water partition coefficient (Wildman–Crippen LogP) is -0.0831. The second-order valence-electron chi connectivity index (χ2n) is 4.25. The summed E-state index contributed by atoms with van der Waals surface area (Å²) in [5.74, 6) is -1.51. The molecule has 0 aliphatic carbocycles. The number of carboxylic acids is 1. The van der Waals surface area contributed by atoms with E-state index in [4.69, 9.17) is 4.74 Å². The molecule has 1 aromatic rings. The van der Waals surface area contributed by atoms with E-state index in [0.717, 1.165) is 0 Å². The number of rotatable bonds is 4. The molecule has 1 aliphatic rings. The Bertz CT molecular complexity index is 443. The molecule has 0 aromatic heterocycles. The molecule has 1 aromatic carbocycles. The minimum Gasteiger partial charge on any atom is -0.479 e. The molecule has 0 radical (unpaired) electrons. The average molecular weight is 264 g/mol. The van der Waals surface area contributed by atoms with Crippen LogP contribution in [0.25, 0.3) is 0 Å². The van der Waals surface area contributed by atoms with Crippen LogP contribution in [0.1, 0.15) is 11.6 Å². The van der Waals surface area contributed by atoms with E-state index >= 15 is 0 Å². The van der Waals surface area contributed by atoms with Gasteiger partial charge >= 0.3 is 5.97 Å². The number of aliphatic carboxylic acids is 1. The maximum Gasteiger partial charge on any atom is 0.330 e. The Morgan fingerprint density at radius 3 is 2.68 bits per heavy atom. The number of ether oxygens (including phenoxy) is 1. The van der Waals surface area contributed by atoms with E-state index in [1.165, 1.54) is 0 Å². The predicted molar refractivity (Wildman–Crippen MR) is 67.6 cm³/mol. The van der Waals surface area contributed by atoms with Crippen LogP contribution in [0.3, 0.4) is 0 Å². The van der Waals surface area contributed by atoms with Crippen LogP contribution in [0.2, 0.25) is 0 Å². The monoisotopic (exact) mass is 264 g/mol. The van der Waals surface area contributed by atoms with Gasteiger partial charge < -0.3 is 20.5 Å². The van der Waals surface area contributed by atoms with Crippen molar-refractivity contribution in [2.75, 3.05) is 19.7 Å². The number of benzene rings is 1. The van der Waals surface area contributed by atoms with E-state index in [2.05, 4.69) is 10.6 Å². The van der Waals surface area contributed by atoms with Crippen molar-refractivity contribution in [2.24, 2.45) is 0 Å². The third kappa shape index (κ3) is 3.52. The molecule has 1 amide bonds. The molecule has 0 spiro atoms. The normalized spacial score (nSPS) is 20.5. The van der Waals surface area contributed by atoms with Gasteiger partial charge in [-0.3, -0.25) is 4.79 Å². The number of hydrogen-bond acceptors (Lipinski definition) is 4. The first-order chi connectivity index (χ1) is 9.18. The lowest BCUT2D eigenvalue weighted by Gasteiger charge is -2.24. The fourth-order valence-corrected chi connectivity index (χ4v) is 1.90. The fraction of sp³-hybridized carbons (Fsp3) is 0.385. The van der Waals surface area contributed by atoms with Crippen molar-refractivity contribution in [3.05, 3.63) is 35.9 Å². The Kier molecular flexibility index (Phi) is 4.48. The summed E-state index contributed by atoms with van der Waals surface area (Å²) in [5.41, 5.74) is 0.534. The SMILES string of the molecule is O=C(N[C@@H](C(=O)O)c1ccccc1)C1CNCCO1. The largest absolute Gasteiger partial charge is 0.479 e. The fourth-order valence-electron chi connectivity index (χ4n) is 1.90. The van der Waals surface area contributed by atoms with Gasteiger partial charge in [-0.1, -0.05) is 30.3 Å². The zero-order valence-corrected chi connectivity index (χ0v) is 10.3. The summed E-state index contributed by atoms with van der Waals surface area (Å²) in [6.45, 7) is 1.54. The lowest BCUT2D eigenvalue weighted by atomic mass is 10.1. The summed E-state index contributed by atoms with van der Waals surface area (Å²) in [7, 11) is 0. The molecule has 1 fully saturated rings. The number of carboxylic acid groups (broad SMARTS) is 1. The second-order valence-corrected chi connectivity index (χ2v) is 4.25. The number of hydrogen-bond donors (Lipinski definition) is 3. The van der Waals surface area contributed by atoms with E-state index in [9.17, 15) is 14.7 Å². The molecule has 1 saturated heterocycles. The van der Waals surface area contributed by atoms with Crippen molar-refractivity contribution < 1.29 is 19.4 Å². The van der Waals surface area contributed by atoms with Gasteiger partial charge in [-0.05, 0) is 5.56 Å². The highest BCUT2D eigenvalue weighted by Crippen LogP contribution is 2.13. The molecule has 2 rings (SSSR count). The van der Waals surface area contributed by atoms with E-state index < -0.39 is 24.0 Å². The first-order valence-electron chi connectivity index (χ1n) is 6.09. The van der Waals surface area contributed by atoms with Gasteiger partial charge in [0.05, 0.1) is 6.61 Å². The first kappa shape index (κ1) is 13.5. The zero-order valence-electron chi connectivity index (χ0n) is 10.3. The van der Waals surface area contributed by atoms with Crippen molar-refractivity contribution in [3.63, 3.8) is 0 Å². The molecule has 1 aliphatic heterocycles. The maximum atomic E-state index is 11.9. The van der Waals surface area contributed by atoms with Crippen LogP contribution in [0.4, 0.5) is 0 Å². The minimum atomic E-state index is -1.09. The van der Waals surface area contributed by atoms with E-state index in [-0.39, 0.29) is 0 Å². The third-order valence-corrected chi connectivity index (χ3v) is 2.89. The number of carbonyl (C=O) groups is 2. The van der Waals surface area contributed by atoms with Gasteiger partial charge in [-0.25, -0.2) is 4.79 Å². The van der Waals surface area contributed by atoms with Crippen LogP contribution >= 0.6 is 0 Å². The van der Waals surface area contributed by atoms with Gasteiger partial charge in [0.15, 0.2) is 6.04 Å². The average Bonchev–Trinajstić information content (AvgIpc) is 2.46. The van der Waals surface area contributed by atoms with Gasteiger partial charge in [-0.2, -0.15) is 0 Å². The molecule has 6 nitrogen and oxygen atoms in total. The van der Waals surface area contributed by atoms with Gasteiger partial charge in [0.2, 0.25) is 0 Å². The van der Waals surface area contributed by atoms with Crippen LogP contribution in [-0.4, -0.2) is 42.8 Å². The summed E-state index contributed by atoms with van der Waals surface area (Å²) in [4.78, 5) is 23.2. The topological polar surface area (TPSA) is 87.7 Å². The Hall–Kier alpha value is -1.92. The van der Waals surface area contributed by atoms with E-state index in [1.807, 2.05) is 0 Å². The van der Waals surface area contributed by atoms with Crippen LogP contribution in [0, 0.1) is 0 Å². The van der Waals surface area contributed by atoms with Crippen molar-refractivity contribution in [3.8, 4) is 0 Å². The Morgan fingerprint density at radius 2 is 2.11 bits per heavy atom.